The van der Waals surface area contributed by atoms with E-state index in [1.165, 1.54) is 7.11 Å². The van der Waals surface area contributed by atoms with Crippen LogP contribution in [0.4, 0.5) is 4.79 Å². The van der Waals surface area contributed by atoms with Crippen molar-refractivity contribution in [2.24, 2.45) is 0 Å². The lowest BCUT2D eigenvalue weighted by Gasteiger charge is -2.23. The van der Waals surface area contributed by atoms with Crippen molar-refractivity contribution >= 4 is 28.7 Å². The van der Waals surface area contributed by atoms with E-state index < -0.39 is 6.09 Å². The minimum Gasteiger partial charge on any atom is -0.453 e. The van der Waals surface area contributed by atoms with E-state index in [1.807, 2.05) is 24.9 Å². The molecule has 3 heterocycles. The van der Waals surface area contributed by atoms with Crippen molar-refractivity contribution in [3.05, 3.63) is 84.7 Å². The molecule has 0 bridgehead atoms. The molecule has 49 heavy (non-hydrogen) atoms. The van der Waals surface area contributed by atoms with E-state index >= 15 is 0 Å². The summed E-state index contributed by atoms with van der Waals surface area (Å²) < 4.78 is 4.57. The highest BCUT2D eigenvalue weighted by molar-refractivity contribution is 5.90. The van der Waals surface area contributed by atoms with E-state index in [1.54, 1.807) is 11.1 Å². The molecule has 0 radical (unpaired) electrons. The first-order chi connectivity index (χ1) is 23.9. The number of aromatic nitrogens is 4. The number of carbonyl (C=O) groups excluding carboxylic acids is 3. The van der Waals surface area contributed by atoms with Gasteiger partial charge < -0.3 is 29.8 Å². The van der Waals surface area contributed by atoms with Gasteiger partial charge in [0, 0.05) is 25.1 Å². The average Bonchev–Trinajstić information content (AvgIpc) is 3.92. The minimum atomic E-state index is -0.639. The summed E-state index contributed by atoms with van der Waals surface area (Å²) in [6, 6.07) is 21.3. The molecule has 11 heteroatoms. The molecule has 5 aromatic rings. The van der Waals surface area contributed by atoms with Gasteiger partial charge in [-0.3, -0.25) is 9.59 Å². The summed E-state index contributed by atoms with van der Waals surface area (Å²) in [6.45, 7) is 5.56. The molecule has 3 N–H and O–H groups in total. The van der Waals surface area contributed by atoms with Crippen LogP contribution in [0.1, 0.15) is 63.6 Å². The Labute approximate surface area is 286 Å². The van der Waals surface area contributed by atoms with Crippen molar-refractivity contribution in [1.82, 2.24) is 35.1 Å². The molecule has 2 aromatic heterocycles. The third-order valence-electron chi connectivity index (χ3n) is 9.01. The normalized spacial score (nSPS) is 14.3. The first-order valence-corrected chi connectivity index (χ1v) is 17.0. The van der Waals surface area contributed by atoms with E-state index in [2.05, 4.69) is 90.7 Å². The zero-order valence-electron chi connectivity index (χ0n) is 28.3. The Morgan fingerprint density at radius 2 is 1.55 bits per heavy atom. The average molecular weight is 662 g/mol. The third-order valence-corrected chi connectivity index (χ3v) is 9.01. The number of nitrogens with one attached hydrogen (secondary N) is 3. The molecule has 0 saturated carbocycles. The molecule has 254 valence electrons. The molecule has 1 saturated heterocycles. The van der Waals surface area contributed by atoms with Gasteiger partial charge in [-0.25, -0.2) is 14.8 Å². The summed E-state index contributed by atoms with van der Waals surface area (Å²) >= 11 is 0. The minimum absolute atomic E-state index is 0.0236. The van der Waals surface area contributed by atoms with Gasteiger partial charge in [0.25, 0.3) is 0 Å². The molecule has 1 aliphatic heterocycles. The lowest BCUT2D eigenvalue weighted by Crippen LogP contribution is -2.40. The summed E-state index contributed by atoms with van der Waals surface area (Å²) in [7, 11) is 1.26. The number of aromatic amines is 2. The number of carbonyl (C=O) groups is 3. The van der Waals surface area contributed by atoms with E-state index in [4.69, 9.17) is 0 Å². The summed E-state index contributed by atoms with van der Waals surface area (Å²) in [5, 5.41) is 4.68. The fraction of sp³-hybridized carbons (Fsp3) is 0.342. The summed E-state index contributed by atoms with van der Waals surface area (Å²) in [6.07, 6.45) is 7.17. The van der Waals surface area contributed by atoms with Gasteiger partial charge in [-0.1, -0.05) is 62.4 Å². The number of amides is 3. The second-order valence-corrected chi connectivity index (χ2v) is 12.4. The molecule has 1 atom stereocenters. The number of fused-ring (bicyclic) bond motifs is 1. The Hall–Kier alpha value is -5.45. The smallest absolute Gasteiger partial charge is 0.407 e. The largest absolute Gasteiger partial charge is 0.453 e. The maximum atomic E-state index is 12.7. The van der Waals surface area contributed by atoms with Crippen LogP contribution >= 0.6 is 0 Å². The lowest BCUT2D eigenvalue weighted by molar-refractivity contribution is -0.132. The maximum Gasteiger partial charge on any atom is 0.407 e. The molecular formula is C38H43N7O4. The maximum absolute atomic E-state index is 12.7. The predicted molar refractivity (Wildman–Crippen MR) is 189 cm³/mol. The second-order valence-electron chi connectivity index (χ2n) is 12.4. The highest BCUT2D eigenvalue weighted by atomic mass is 16.5. The molecule has 3 amide bonds. The molecule has 1 fully saturated rings. The monoisotopic (exact) mass is 661 g/mol. The van der Waals surface area contributed by atoms with Crippen molar-refractivity contribution in [2.45, 2.75) is 58.5 Å². The SMILES string of the molecule is CCCC(=O)N1CCC[C@H]1c1ncc(-c2ccc(-c3ccc4cc(-c5cnc(CN(CCC)C(=O)CNC(=O)OC)[nH]5)ccc4c3)cc2)[nH]1. The van der Waals surface area contributed by atoms with Gasteiger partial charge in [0.1, 0.15) is 18.2 Å². The Balaban J connectivity index is 1.12. The van der Waals surface area contributed by atoms with Gasteiger partial charge in [0.15, 0.2) is 0 Å². The third kappa shape index (κ3) is 7.66. The fourth-order valence-electron chi connectivity index (χ4n) is 6.46. The van der Waals surface area contributed by atoms with Crippen molar-refractivity contribution in [1.29, 1.82) is 0 Å². The van der Waals surface area contributed by atoms with Crippen molar-refractivity contribution < 1.29 is 19.1 Å². The molecular weight excluding hydrogens is 618 g/mol. The van der Waals surface area contributed by atoms with Gasteiger partial charge >= 0.3 is 6.09 Å². The van der Waals surface area contributed by atoms with Gasteiger partial charge in [-0.05, 0) is 65.3 Å². The Morgan fingerprint density at radius 3 is 2.29 bits per heavy atom. The van der Waals surface area contributed by atoms with Crippen LogP contribution in [-0.2, 0) is 20.9 Å². The van der Waals surface area contributed by atoms with Crippen LogP contribution in [0.25, 0.3) is 44.4 Å². The van der Waals surface area contributed by atoms with Crippen LogP contribution in [-0.4, -0.2) is 74.4 Å². The van der Waals surface area contributed by atoms with E-state index in [0.717, 1.165) is 82.5 Å². The molecule has 11 nitrogen and oxygen atoms in total. The number of alkyl carbamates (subject to hydrolysis) is 1. The zero-order valence-corrected chi connectivity index (χ0v) is 28.3. The topological polar surface area (TPSA) is 136 Å². The molecule has 0 aliphatic carbocycles. The van der Waals surface area contributed by atoms with Crippen LogP contribution in [0.15, 0.2) is 73.1 Å². The van der Waals surface area contributed by atoms with Crippen LogP contribution < -0.4 is 5.32 Å². The van der Waals surface area contributed by atoms with E-state index in [0.29, 0.717) is 25.3 Å². The summed E-state index contributed by atoms with van der Waals surface area (Å²) in [5.41, 5.74) is 6.11. The lowest BCUT2D eigenvalue weighted by atomic mass is 9.98. The standard InChI is InChI=1S/C38H43N7O4/c1-4-7-35(46)45-18-6-8-33(45)37-40-22-31(43-37)26-11-9-25(10-12-26)27-13-14-29-20-30(16-15-28(29)19-27)32-21-39-34(42-32)24-44(17-5-2)36(47)23-41-38(48)49-3/h9-16,19-22,33H,4-8,17-18,23-24H2,1-3H3,(H,39,42)(H,40,43)(H,41,48)/t33-/m0/s1. The Bertz CT molecular complexity index is 1930. The van der Waals surface area contributed by atoms with Crippen LogP contribution in [0.3, 0.4) is 0 Å². The number of methoxy groups -OCH3 is 1. The van der Waals surface area contributed by atoms with Crippen LogP contribution in [0, 0.1) is 0 Å². The van der Waals surface area contributed by atoms with Gasteiger partial charge in [0.2, 0.25) is 11.8 Å². The van der Waals surface area contributed by atoms with Gasteiger partial charge in [-0.2, -0.15) is 0 Å². The Kier molecular flexibility index (Phi) is 10.4. The van der Waals surface area contributed by atoms with Crippen molar-refractivity contribution in [3.8, 4) is 33.6 Å². The number of likely N-dealkylation sites (tertiary alicyclic amines) is 1. The molecule has 1 aliphatic rings. The molecule has 0 spiro atoms. The summed E-state index contributed by atoms with van der Waals surface area (Å²) in [4.78, 5) is 56.4. The van der Waals surface area contributed by atoms with Crippen LogP contribution in [0.5, 0.6) is 0 Å². The highest BCUT2D eigenvalue weighted by Crippen LogP contribution is 2.33. The number of hydrogen-bond donors (Lipinski definition) is 3. The quantitative estimate of drug-likeness (QED) is 0.134. The van der Waals surface area contributed by atoms with Gasteiger partial charge in [-0.15, -0.1) is 0 Å². The number of benzene rings is 3. The van der Waals surface area contributed by atoms with Crippen molar-refractivity contribution in [3.63, 3.8) is 0 Å². The van der Waals surface area contributed by atoms with Crippen molar-refractivity contribution in [2.75, 3.05) is 26.7 Å². The number of H-pyrrole nitrogens is 2. The van der Waals surface area contributed by atoms with E-state index in [9.17, 15) is 14.4 Å². The highest BCUT2D eigenvalue weighted by Gasteiger charge is 2.31. The Morgan fingerprint density at radius 1 is 0.878 bits per heavy atom. The number of nitrogens with zero attached hydrogens (tertiary/aromatic N) is 4. The first-order valence-electron chi connectivity index (χ1n) is 17.0. The molecule has 0 unspecified atom stereocenters. The first kappa shape index (κ1) is 33.5. The zero-order chi connectivity index (χ0) is 34.3. The number of hydrogen-bond acceptors (Lipinski definition) is 6. The predicted octanol–water partition coefficient (Wildman–Crippen LogP) is 6.85. The number of imidazole rings is 2. The number of ether oxygens (including phenoxy) is 1. The number of rotatable bonds is 12. The fourth-order valence-corrected chi connectivity index (χ4v) is 6.46. The molecule has 6 rings (SSSR count). The van der Waals surface area contributed by atoms with Gasteiger partial charge in [0.05, 0.1) is 43.5 Å². The van der Waals surface area contributed by atoms with Crippen LogP contribution in [0.2, 0.25) is 0 Å². The molecule has 3 aromatic carbocycles. The summed E-state index contributed by atoms with van der Waals surface area (Å²) in [5.74, 6) is 1.54. The van der Waals surface area contributed by atoms with E-state index in [-0.39, 0.29) is 24.4 Å². The second kappa shape index (κ2) is 15.2.